The first-order valence-electron chi connectivity index (χ1n) is 9.39. The number of halogens is 1. The van der Waals surface area contributed by atoms with Crippen LogP contribution in [0, 0.1) is 5.82 Å². The quantitative estimate of drug-likeness (QED) is 0.299. The number of benzene rings is 2. The number of nitrogens with one attached hydrogen (secondary N) is 2. The molecular formula is C20H22FN3O7S2. The highest BCUT2D eigenvalue weighted by Crippen LogP contribution is 2.17. The molecule has 0 fully saturated rings. The zero-order valence-electron chi connectivity index (χ0n) is 17.3. The van der Waals surface area contributed by atoms with E-state index in [4.69, 9.17) is 9.88 Å². The monoisotopic (exact) mass is 499 g/mol. The van der Waals surface area contributed by atoms with Crippen LogP contribution in [0.5, 0.6) is 0 Å². The SMILES string of the molecule is C=CCNS(=O)(=O)c1cc(C(=O)OCC(=O)NCCc2ccc(S(N)(=O)=O)cc2)ccc1F. The molecule has 0 saturated carbocycles. The fourth-order valence-corrected chi connectivity index (χ4v) is 4.16. The van der Waals surface area contributed by atoms with Gasteiger partial charge in [-0.1, -0.05) is 18.2 Å². The van der Waals surface area contributed by atoms with E-state index in [1.54, 1.807) is 12.1 Å². The third-order valence-electron chi connectivity index (χ3n) is 4.20. The molecule has 13 heteroatoms. The lowest BCUT2D eigenvalue weighted by Gasteiger charge is -2.09. The Morgan fingerprint density at radius 3 is 2.36 bits per heavy atom. The van der Waals surface area contributed by atoms with E-state index >= 15 is 0 Å². The molecule has 4 N–H and O–H groups in total. The molecule has 0 aromatic heterocycles. The van der Waals surface area contributed by atoms with Crippen LogP contribution >= 0.6 is 0 Å². The van der Waals surface area contributed by atoms with E-state index in [0.29, 0.717) is 6.42 Å². The van der Waals surface area contributed by atoms with Crippen molar-refractivity contribution in [3.05, 3.63) is 72.1 Å². The number of carbonyl (C=O) groups excluding carboxylic acids is 2. The van der Waals surface area contributed by atoms with Crippen LogP contribution in [-0.2, 0) is 36.0 Å². The van der Waals surface area contributed by atoms with Crippen LogP contribution in [0.3, 0.4) is 0 Å². The largest absolute Gasteiger partial charge is 0.452 e. The summed E-state index contributed by atoms with van der Waals surface area (Å²) >= 11 is 0. The Bertz CT molecular complexity index is 1240. The van der Waals surface area contributed by atoms with Gasteiger partial charge in [-0.05, 0) is 42.3 Å². The maximum absolute atomic E-state index is 13.9. The zero-order valence-corrected chi connectivity index (χ0v) is 18.9. The van der Waals surface area contributed by atoms with Crippen LogP contribution in [0.4, 0.5) is 4.39 Å². The number of nitrogens with two attached hydrogens (primary N) is 1. The van der Waals surface area contributed by atoms with Crippen LogP contribution in [0.1, 0.15) is 15.9 Å². The van der Waals surface area contributed by atoms with Gasteiger partial charge in [0.2, 0.25) is 20.0 Å². The van der Waals surface area contributed by atoms with Crippen molar-refractivity contribution in [1.29, 1.82) is 0 Å². The van der Waals surface area contributed by atoms with Crippen LogP contribution in [-0.4, -0.2) is 48.4 Å². The first-order chi connectivity index (χ1) is 15.4. The molecule has 0 radical (unpaired) electrons. The molecular weight excluding hydrogens is 477 g/mol. The van der Waals surface area contributed by atoms with E-state index in [-0.39, 0.29) is 23.5 Å². The summed E-state index contributed by atoms with van der Waals surface area (Å²) in [6.45, 7) is 2.76. The van der Waals surface area contributed by atoms with Crippen LogP contribution in [0.2, 0.25) is 0 Å². The van der Waals surface area contributed by atoms with Crippen molar-refractivity contribution in [2.45, 2.75) is 16.2 Å². The number of ether oxygens (including phenoxy) is 1. The third-order valence-corrected chi connectivity index (χ3v) is 6.56. The summed E-state index contributed by atoms with van der Waals surface area (Å²) in [5.74, 6) is -2.69. The van der Waals surface area contributed by atoms with E-state index in [0.717, 1.165) is 23.8 Å². The molecule has 0 spiro atoms. The van der Waals surface area contributed by atoms with Gasteiger partial charge in [0.1, 0.15) is 10.7 Å². The Balaban J connectivity index is 1.88. The van der Waals surface area contributed by atoms with Gasteiger partial charge in [-0.15, -0.1) is 6.58 Å². The Morgan fingerprint density at radius 2 is 1.76 bits per heavy atom. The summed E-state index contributed by atoms with van der Waals surface area (Å²) in [4.78, 5) is 23.3. The van der Waals surface area contributed by atoms with Crippen LogP contribution < -0.4 is 15.2 Å². The molecule has 0 aliphatic carbocycles. The molecule has 0 unspecified atom stereocenters. The topological polar surface area (TPSA) is 162 Å². The smallest absolute Gasteiger partial charge is 0.338 e. The van der Waals surface area contributed by atoms with Crippen LogP contribution in [0.15, 0.2) is 64.9 Å². The summed E-state index contributed by atoms with van der Waals surface area (Å²) in [5.41, 5.74) is 0.489. The van der Waals surface area contributed by atoms with Crippen molar-refractivity contribution in [3.8, 4) is 0 Å². The van der Waals surface area contributed by atoms with Gasteiger partial charge in [-0.3, -0.25) is 4.79 Å². The highest BCUT2D eigenvalue weighted by atomic mass is 32.2. The maximum atomic E-state index is 13.9. The number of sulfonamides is 2. The molecule has 0 heterocycles. The van der Waals surface area contributed by atoms with E-state index in [1.165, 1.54) is 18.2 Å². The first-order valence-corrected chi connectivity index (χ1v) is 12.4. The van der Waals surface area contributed by atoms with Crippen molar-refractivity contribution in [3.63, 3.8) is 0 Å². The normalized spacial score (nSPS) is 11.6. The van der Waals surface area contributed by atoms with Crippen molar-refractivity contribution >= 4 is 31.9 Å². The van der Waals surface area contributed by atoms with E-state index < -0.39 is 49.2 Å². The highest BCUT2D eigenvalue weighted by Gasteiger charge is 2.21. The average molecular weight is 500 g/mol. The first kappa shape index (κ1) is 26.1. The van der Waals surface area contributed by atoms with Gasteiger partial charge in [0.25, 0.3) is 5.91 Å². The second-order valence-electron chi connectivity index (χ2n) is 6.65. The summed E-state index contributed by atoms with van der Waals surface area (Å²) in [5, 5.41) is 7.54. The van der Waals surface area contributed by atoms with Crippen molar-refractivity contribution in [2.75, 3.05) is 19.7 Å². The van der Waals surface area contributed by atoms with E-state index in [1.807, 2.05) is 0 Å². The van der Waals surface area contributed by atoms with Gasteiger partial charge < -0.3 is 10.1 Å². The molecule has 2 aromatic carbocycles. The van der Waals surface area contributed by atoms with Gasteiger partial charge in [0.05, 0.1) is 10.5 Å². The predicted molar refractivity (Wildman–Crippen MR) is 117 cm³/mol. The lowest BCUT2D eigenvalue weighted by molar-refractivity contribution is -0.124. The van der Waals surface area contributed by atoms with Gasteiger partial charge in [0, 0.05) is 13.1 Å². The second kappa shape index (κ2) is 11.1. The molecule has 2 aromatic rings. The fraction of sp³-hybridized carbons (Fsp3) is 0.200. The Morgan fingerprint density at radius 1 is 1.09 bits per heavy atom. The second-order valence-corrected chi connectivity index (χ2v) is 9.95. The average Bonchev–Trinajstić information content (AvgIpc) is 2.76. The Labute approximate surface area is 190 Å². The molecule has 178 valence electrons. The molecule has 1 amide bonds. The Kier molecular flexibility index (Phi) is 8.82. The minimum Gasteiger partial charge on any atom is -0.452 e. The summed E-state index contributed by atoms with van der Waals surface area (Å²) in [6.07, 6.45) is 1.65. The van der Waals surface area contributed by atoms with E-state index in [9.17, 15) is 30.8 Å². The molecule has 0 aliphatic rings. The molecule has 0 saturated heterocycles. The van der Waals surface area contributed by atoms with Gasteiger partial charge in [0.15, 0.2) is 6.61 Å². The van der Waals surface area contributed by atoms with Crippen molar-refractivity contribution < 1.29 is 35.6 Å². The maximum Gasteiger partial charge on any atom is 0.338 e. The number of carbonyl (C=O) groups is 2. The lowest BCUT2D eigenvalue weighted by atomic mass is 10.1. The standard InChI is InChI=1S/C20H22FN3O7S2/c1-2-10-24-33(29,30)18-12-15(5-8-17(18)21)20(26)31-13-19(25)23-11-9-14-3-6-16(7-4-14)32(22,27)28/h2-8,12,24H,1,9-11,13H2,(H,23,25)(H2,22,27,28). The lowest BCUT2D eigenvalue weighted by Crippen LogP contribution is -2.30. The Hall–Kier alpha value is -3.13. The predicted octanol–water partition coefficient (Wildman–Crippen LogP) is 0.453. The minimum absolute atomic E-state index is 0.0320. The number of rotatable bonds is 11. The van der Waals surface area contributed by atoms with Crippen LogP contribution in [0.25, 0.3) is 0 Å². The third kappa shape index (κ3) is 7.75. The number of primary sulfonamides is 1. The molecule has 2 rings (SSSR count). The number of amides is 1. The number of hydrogen-bond donors (Lipinski definition) is 3. The van der Waals surface area contributed by atoms with Crippen molar-refractivity contribution in [2.24, 2.45) is 5.14 Å². The zero-order chi connectivity index (χ0) is 24.6. The van der Waals surface area contributed by atoms with Gasteiger partial charge in [-0.25, -0.2) is 35.9 Å². The van der Waals surface area contributed by atoms with E-state index in [2.05, 4.69) is 16.6 Å². The molecule has 33 heavy (non-hydrogen) atoms. The fourth-order valence-electron chi connectivity index (χ4n) is 2.54. The molecule has 10 nitrogen and oxygen atoms in total. The molecule has 0 atom stereocenters. The summed E-state index contributed by atoms with van der Waals surface area (Å²) in [6, 6.07) is 8.45. The summed E-state index contributed by atoms with van der Waals surface area (Å²) in [7, 11) is -8.00. The minimum atomic E-state index is -4.21. The van der Waals surface area contributed by atoms with Gasteiger partial charge in [-0.2, -0.15) is 0 Å². The number of hydrogen-bond acceptors (Lipinski definition) is 7. The molecule has 0 aliphatic heterocycles. The highest BCUT2D eigenvalue weighted by molar-refractivity contribution is 7.89. The molecule has 0 bridgehead atoms. The van der Waals surface area contributed by atoms with Gasteiger partial charge >= 0.3 is 5.97 Å². The number of esters is 1. The summed E-state index contributed by atoms with van der Waals surface area (Å²) < 4.78 is 67.5. The van der Waals surface area contributed by atoms with Crippen molar-refractivity contribution in [1.82, 2.24) is 10.0 Å².